The van der Waals surface area contributed by atoms with Crippen molar-refractivity contribution >= 4 is 0 Å². The fourth-order valence-corrected chi connectivity index (χ4v) is 1.77. The molecule has 1 atom stereocenters. The lowest BCUT2D eigenvalue weighted by Crippen LogP contribution is -2.00. The second kappa shape index (κ2) is 4.19. The zero-order valence-electron chi connectivity index (χ0n) is 9.38. The average Bonchev–Trinajstić information content (AvgIpc) is 2.64. The Balaban J connectivity index is 2.46. The highest BCUT2D eigenvalue weighted by Gasteiger charge is 2.17. The molecule has 0 spiro atoms. The number of nitrogens with zero attached hydrogens (tertiary/aromatic N) is 3. The van der Waals surface area contributed by atoms with Gasteiger partial charge in [0, 0.05) is 18.3 Å². The molecule has 0 aliphatic rings. The van der Waals surface area contributed by atoms with Gasteiger partial charge in [0.1, 0.15) is 0 Å². The Hall–Kier alpha value is -2.08. The standard InChI is InChI=1S/C13H13N3/c1-10-13(9-15-16(10)2)12(8-14)11-6-4-3-5-7-11/h3-7,9,12H,1-2H3. The molecule has 16 heavy (non-hydrogen) atoms. The van der Waals surface area contributed by atoms with Gasteiger partial charge in [0.15, 0.2) is 0 Å². The number of hydrogen-bond donors (Lipinski definition) is 0. The SMILES string of the molecule is Cc1c(C(C#N)c2ccccc2)cnn1C. The molecular weight excluding hydrogens is 198 g/mol. The lowest BCUT2D eigenvalue weighted by molar-refractivity contribution is 0.737. The van der Waals surface area contributed by atoms with Crippen molar-refractivity contribution in [3.05, 3.63) is 53.3 Å². The third kappa shape index (κ3) is 1.70. The van der Waals surface area contributed by atoms with Crippen molar-refractivity contribution in [2.24, 2.45) is 7.05 Å². The van der Waals surface area contributed by atoms with Crippen LogP contribution in [0.5, 0.6) is 0 Å². The van der Waals surface area contributed by atoms with Gasteiger partial charge in [-0.2, -0.15) is 10.4 Å². The van der Waals surface area contributed by atoms with E-state index < -0.39 is 0 Å². The molecule has 0 N–H and O–H groups in total. The molecule has 80 valence electrons. The van der Waals surface area contributed by atoms with E-state index in [4.69, 9.17) is 0 Å². The molecule has 3 heteroatoms. The Labute approximate surface area is 94.9 Å². The first-order valence-corrected chi connectivity index (χ1v) is 5.17. The Bertz CT molecular complexity index is 520. The molecule has 3 nitrogen and oxygen atoms in total. The van der Waals surface area contributed by atoms with E-state index in [0.717, 1.165) is 16.8 Å². The van der Waals surface area contributed by atoms with Crippen LogP contribution in [0.3, 0.4) is 0 Å². The molecule has 0 radical (unpaired) electrons. The van der Waals surface area contributed by atoms with Crippen LogP contribution in [0.1, 0.15) is 22.7 Å². The van der Waals surface area contributed by atoms with Crippen LogP contribution in [0.2, 0.25) is 0 Å². The number of rotatable bonds is 2. The van der Waals surface area contributed by atoms with E-state index in [9.17, 15) is 5.26 Å². The first-order valence-electron chi connectivity index (χ1n) is 5.17. The van der Waals surface area contributed by atoms with Gasteiger partial charge in [-0.05, 0) is 12.5 Å². The van der Waals surface area contributed by atoms with Gasteiger partial charge >= 0.3 is 0 Å². The molecule has 0 aliphatic carbocycles. The molecule has 0 bridgehead atoms. The van der Waals surface area contributed by atoms with Crippen LogP contribution in [0, 0.1) is 18.3 Å². The molecule has 0 saturated carbocycles. The van der Waals surface area contributed by atoms with Crippen LogP contribution in [0.15, 0.2) is 36.5 Å². The number of benzene rings is 1. The van der Waals surface area contributed by atoms with Gasteiger partial charge in [0.05, 0.1) is 18.2 Å². The lowest BCUT2D eigenvalue weighted by Gasteiger charge is -2.08. The van der Waals surface area contributed by atoms with Crippen molar-refractivity contribution in [1.82, 2.24) is 9.78 Å². The van der Waals surface area contributed by atoms with Gasteiger partial charge in [-0.15, -0.1) is 0 Å². The fourth-order valence-electron chi connectivity index (χ4n) is 1.77. The normalized spacial score (nSPS) is 12.1. The van der Waals surface area contributed by atoms with E-state index in [1.807, 2.05) is 44.3 Å². The van der Waals surface area contributed by atoms with Crippen molar-refractivity contribution in [3.63, 3.8) is 0 Å². The molecule has 0 amide bonds. The van der Waals surface area contributed by atoms with Gasteiger partial charge in [-0.3, -0.25) is 4.68 Å². The molecule has 1 aromatic heterocycles. The van der Waals surface area contributed by atoms with Crippen molar-refractivity contribution in [2.75, 3.05) is 0 Å². The molecule has 1 aromatic carbocycles. The molecule has 2 aromatic rings. The Morgan fingerprint density at radius 1 is 1.31 bits per heavy atom. The summed E-state index contributed by atoms with van der Waals surface area (Å²) in [6.07, 6.45) is 1.77. The number of aromatic nitrogens is 2. The third-order valence-electron chi connectivity index (χ3n) is 2.85. The van der Waals surface area contributed by atoms with Crippen LogP contribution < -0.4 is 0 Å². The minimum absolute atomic E-state index is 0.227. The smallest absolute Gasteiger partial charge is 0.0995 e. The van der Waals surface area contributed by atoms with Crippen molar-refractivity contribution in [2.45, 2.75) is 12.8 Å². The van der Waals surface area contributed by atoms with Gasteiger partial charge in [0.2, 0.25) is 0 Å². The summed E-state index contributed by atoms with van der Waals surface area (Å²) in [7, 11) is 1.89. The minimum atomic E-state index is -0.227. The predicted molar refractivity (Wildman–Crippen MR) is 61.8 cm³/mol. The van der Waals surface area contributed by atoms with E-state index in [-0.39, 0.29) is 5.92 Å². The lowest BCUT2D eigenvalue weighted by atomic mass is 9.93. The van der Waals surface area contributed by atoms with Crippen LogP contribution in [0.4, 0.5) is 0 Å². The summed E-state index contributed by atoms with van der Waals surface area (Å²) in [6.45, 7) is 1.98. The summed E-state index contributed by atoms with van der Waals surface area (Å²) in [6, 6.07) is 12.1. The molecule has 1 heterocycles. The average molecular weight is 211 g/mol. The highest BCUT2D eigenvalue weighted by molar-refractivity contribution is 5.38. The number of aryl methyl sites for hydroxylation is 1. The summed E-state index contributed by atoms with van der Waals surface area (Å²) in [5.41, 5.74) is 3.03. The Morgan fingerprint density at radius 3 is 2.50 bits per heavy atom. The molecule has 0 fully saturated rings. The second-order valence-electron chi connectivity index (χ2n) is 3.78. The summed E-state index contributed by atoms with van der Waals surface area (Å²) in [4.78, 5) is 0. The quantitative estimate of drug-likeness (QED) is 0.765. The first-order chi connectivity index (χ1) is 7.74. The van der Waals surface area contributed by atoms with Gasteiger partial charge in [-0.25, -0.2) is 0 Å². The Kier molecular flexibility index (Phi) is 2.74. The van der Waals surface area contributed by atoms with Crippen LogP contribution >= 0.6 is 0 Å². The third-order valence-corrected chi connectivity index (χ3v) is 2.85. The van der Waals surface area contributed by atoms with E-state index in [0.29, 0.717) is 0 Å². The number of hydrogen-bond acceptors (Lipinski definition) is 2. The maximum atomic E-state index is 9.28. The van der Waals surface area contributed by atoms with Gasteiger partial charge < -0.3 is 0 Å². The monoisotopic (exact) mass is 211 g/mol. The zero-order chi connectivity index (χ0) is 11.5. The first kappa shape index (κ1) is 10.4. The van der Waals surface area contributed by atoms with Crippen molar-refractivity contribution in [3.8, 4) is 6.07 Å². The van der Waals surface area contributed by atoms with E-state index >= 15 is 0 Å². The molecule has 1 unspecified atom stereocenters. The topological polar surface area (TPSA) is 41.6 Å². The van der Waals surface area contributed by atoms with Crippen molar-refractivity contribution in [1.29, 1.82) is 5.26 Å². The maximum Gasteiger partial charge on any atom is 0.0995 e. The fraction of sp³-hybridized carbons (Fsp3) is 0.231. The second-order valence-corrected chi connectivity index (χ2v) is 3.78. The van der Waals surface area contributed by atoms with Crippen LogP contribution in [-0.4, -0.2) is 9.78 Å². The van der Waals surface area contributed by atoms with Gasteiger partial charge in [-0.1, -0.05) is 30.3 Å². The molecule has 2 rings (SSSR count). The van der Waals surface area contributed by atoms with E-state index in [1.54, 1.807) is 10.9 Å². The molecular formula is C13H13N3. The predicted octanol–water partition coefficient (Wildman–Crippen LogP) is 2.38. The van der Waals surface area contributed by atoms with Crippen molar-refractivity contribution < 1.29 is 0 Å². The summed E-state index contributed by atoms with van der Waals surface area (Å²) in [5, 5.41) is 13.5. The largest absolute Gasteiger partial charge is 0.273 e. The van der Waals surface area contributed by atoms with Gasteiger partial charge in [0.25, 0.3) is 0 Å². The molecule has 0 saturated heterocycles. The van der Waals surface area contributed by atoms with E-state index in [2.05, 4.69) is 11.2 Å². The summed E-state index contributed by atoms with van der Waals surface area (Å²) >= 11 is 0. The summed E-state index contributed by atoms with van der Waals surface area (Å²) < 4.78 is 1.79. The summed E-state index contributed by atoms with van der Waals surface area (Å²) in [5.74, 6) is -0.227. The molecule has 0 aliphatic heterocycles. The zero-order valence-corrected chi connectivity index (χ0v) is 9.38. The van der Waals surface area contributed by atoms with Crippen LogP contribution in [-0.2, 0) is 7.05 Å². The highest BCUT2D eigenvalue weighted by Crippen LogP contribution is 2.25. The highest BCUT2D eigenvalue weighted by atomic mass is 15.3. The van der Waals surface area contributed by atoms with Crippen LogP contribution in [0.25, 0.3) is 0 Å². The Morgan fingerprint density at radius 2 is 2.00 bits per heavy atom. The number of nitriles is 1. The maximum absolute atomic E-state index is 9.28. The van der Waals surface area contributed by atoms with E-state index in [1.165, 1.54) is 0 Å². The minimum Gasteiger partial charge on any atom is -0.273 e.